The Morgan fingerprint density at radius 3 is 2.72 bits per heavy atom. The van der Waals surface area contributed by atoms with E-state index in [0.29, 0.717) is 6.42 Å². The molecule has 2 rings (SSSR count). The van der Waals surface area contributed by atoms with Crippen LogP contribution in [0.15, 0.2) is 59.7 Å². The second kappa shape index (κ2) is 10.1. The van der Waals surface area contributed by atoms with Gasteiger partial charge in [0.05, 0.1) is 7.11 Å². The number of methoxy groups -OCH3 is 1. The van der Waals surface area contributed by atoms with Crippen LogP contribution in [0.2, 0.25) is 0 Å². The lowest BCUT2D eigenvalue weighted by Gasteiger charge is -2.07. The number of rotatable bonds is 8. The molecule has 0 aliphatic rings. The van der Waals surface area contributed by atoms with Crippen LogP contribution in [0.3, 0.4) is 0 Å². The zero-order chi connectivity index (χ0) is 17.9. The summed E-state index contributed by atoms with van der Waals surface area (Å²) >= 11 is 0. The molecule has 0 saturated heterocycles. The number of nitrogens with one attached hydrogen (secondary N) is 1. The van der Waals surface area contributed by atoms with E-state index in [2.05, 4.69) is 16.6 Å². The van der Waals surface area contributed by atoms with Crippen molar-refractivity contribution in [2.24, 2.45) is 5.10 Å². The fourth-order valence-electron chi connectivity index (χ4n) is 2.48. The Hall–Kier alpha value is -2.88. The van der Waals surface area contributed by atoms with Crippen LogP contribution < -0.4 is 10.2 Å². The van der Waals surface area contributed by atoms with Crippen LogP contribution in [0.5, 0.6) is 5.75 Å². The van der Waals surface area contributed by atoms with Crippen LogP contribution in [0.1, 0.15) is 29.5 Å². The van der Waals surface area contributed by atoms with Gasteiger partial charge in [0.25, 0.3) is 0 Å². The third-order valence-corrected chi connectivity index (χ3v) is 3.77. The maximum absolute atomic E-state index is 11.8. The van der Waals surface area contributed by atoms with Crippen LogP contribution in [0.4, 0.5) is 0 Å². The van der Waals surface area contributed by atoms with Gasteiger partial charge in [0.1, 0.15) is 5.75 Å². The van der Waals surface area contributed by atoms with Gasteiger partial charge in [-0.15, -0.1) is 0 Å². The SMILES string of the molecule is COc1ccc(CCCC(=O)N/N=C\C=C\c2ccccc2)cc1C. The molecule has 0 fully saturated rings. The number of nitrogens with zero attached hydrogens (tertiary/aromatic N) is 1. The van der Waals surface area contributed by atoms with Gasteiger partial charge in [0.15, 0.2) is 0 Å². The van der Waals surface area contributed by atoms with Crippen LogP contribution >= 0.6 is 0 Å². The van der Waals surface area contributed by atoms with Gasteiger partial charge in [-0.1, -0.05) is 48.5 Å². The lowest BCUT2D eigenvalue weighted by molar-refractivity contribution is -0.121. The van der Waals surface area contributed by atoms with E-state index in [9.17, 15) is 4.79 Å². The average molecular weight is 336 g/mol. The molecule has 0 bridgehead atoms. The predicted molar refractivity (Wildman–Crippen MR) is 103 cm³/mol. The first-order chi connectivity index (χ1) is 12.2. The van der Waals surface area contributed by atoms with Crippen LogP contribution in [-0.4, -0.2) is 19.2 Å². The van der Waals surface area contributed by atoms with Gasteiger partial charge in [0, 0.05) is 12.6 Å². The number of aryl methyl sites for hydroxylation is 2. The van der Waals surface area contributed by atoms with E-state index in [4.69, 9.17) is 4.74 Å². The first kappa shape index (κ1) is 18.5. The fourth-order valence-corrected chi connectivity index (χ4v) is 2.48. The Kier molecular flexibility index (Phi) is 7.44. The highest BCUT2D eigenvalue weighted by atomic mass is 16.5. The summed E-state index contributed by atoms with van der Waals surface area (Å²) in [6, 6.07) is 16.0. The van der Waals surface area contributed by atoms with Crippen molar-refractivity contribution < 1.29 is 9.53 Å². The smallest absolute Gasteiger partial charge is 0.240 e. The number of carbonyl (C=O) groups is 1. The number of allylic oxidation sites excluding steroid dienone is 1. The monoisotopic (exact) mass is 336 g/mol. The molecule has 0 saturated carbocycles. The summed E-state index contributed by atoms with van der Waals surface area (Å²) in [4.78, 5) is 11.8. The summed E-state index contributed by atoms with van der Waals surface area (Å²) in [5.74, 6) is 0.814. The fraction of sp³-hybridized carbons (Fsp3) is 0.238. The molecule has 25 heavy (non-hydrogen) atoms. The molecule has 0 aliphatic carbocycles. The third kappa shape index (κ3) is 6.63. The van der Waals surface area contributed by atoms with E-state index < -0.39 is 0 Å². The maximum atomic E-state index is 11.8. The van der Waals surface area contributed by atoms with Crippen molar-refractivity contribution >= 4 is 18.2 Å². The Morgan fingerprint density at radius 1 is 1.20 bits per heavy atom. The zero-order valence-electron chi connectivity index (χ0n) is 14.7. The number of hydrazone groups is 1. The van der Waals surface area contributed by atoms with Crippen molar-refractivity contribution in [3.63, 3.8) is 0 Å². The number of amides is 1. The normalized spacial score (nSPS) is 11.1. The van der Waals surface area contributed by atoms with Gasteiger partial charge >= 0.3 is 0 Å². The van der Waals surface area contributed by atoms with E-state index in [1.54, 1.807) is 19.4 Å². The summed E-state index contributed by atoms with van der Waals surface area (Å²) in [6.45, 7) is 2.02. The summed E-state index contributed by atoms with van der Waals surface area (Å²) in [5.41, 5.74) is 5.96. The lowest BCUT2D eigenvalue weighted by atomic mass is 10.1. The highest BCUT2D eigenvalue weighted by molar-refractivity contribution is 5.81. The maximum Gasteiger partial charge on any atom is 0.240 e. The van der Waals surface area contributed by atoms with Crippen molar-refractivity contribution in [1.29, 1.82) is 0 Å². The molecule has 0 aromatic heterocycles. The van der Waals surface area contributed by atoms with Gasteiger partial charge in [-0.3, -0.25) is 4.79 Å². The molecule has 0 atom stereocenters. The number of ether oxygens (including phenoxy) is 1. The van der Waals surface area contributed by atoms with Gasteiger partial charge in [-0.05, 0) is 48.6 Å². The lowest BCUT2D eigenvalue weighted by Crippen LogP contribution is -2.16. The van der Waals surface area contributed by atoms with Crippen molar-refractivity contribution in [2.75, 3.05) is 7.11 Å². The second-order valence-electron chi connectivity index (χ2n) is 5.74. The summed E-state index contributed by atoms with van der Waals surface area (Å²) < 4.78 is 5.25. The van der Waals surface area contributed by atoms with Gasteiger partial charge in [-0.25, -0.2) is 5.43 Å². The molecular weight excluding hydrogens is 312 g/mol. The molecule has 130 valence electrons. The van der Waals surface area contributed by atoms with E-state index in [-0.39, 0.29) is 5.91 Å². The first-order valence-electron chi connectivity index (χ1n) is 8.36. The molecule has 2 aromatic carbocycles. The second-order valence-corrected chi connectivity index (χ2v) is 5.74. The molecule has 0 heterocycles. The number of hydrogen-bond acceptors (Lipinski definition) is 3. The van der Waals surface area contributed by atoms with Crippen molar-refractivity contribution in [2.45, 2.75) is 26.2 Å². The molecule has 1 N–H and O–H groups in total. The third-order valence-electron chi connectivity index (χ3n) is 3.77. The topological polar surface area (TPSA) is 50.7 Å². The minimum Gasteiger partial charge on any atom is -0.496 e. The summed E-state index contributed by atoms with van der Waals surface area (Å²) in [5, 5.41) is 3.92. The zero-order valence-corrected chi connectivity index (χ0v) is 14.7. The van der Waals surface area contributed by atoms with E-state index in [1.165, 1.54) is 5.56 Å². The molecule has 0 aliphatic heterocycles. The van der Waals surface area contributed by atoms with E-state index >= 15 is 0 Å². The predicted octanol–water partition coefficient (Wildman–Crippen LogP) is 4.14. The number of hydrogen-bond donors (Lipinski definition) is 1. The van der Waals surface area contributed by atoms with Gasteiger partial charge < -0.3 is 4.74 Å². The molecule has 0 unspecified atom stereocenters. The largest absolute Gasteiger partial charge is 0.496 e. The quantitative estimate of drug-likeness (QED) is 0.582. The van der Waals surface area contributed by atoms with E-state index in [0.717, 1.165) is 29.7 Å². The standard InChI is InChI=1S/C21H24N2O2/c1-17-16-19(13-14-20(17)25-2)10-6-12-21(24)23-22-15-7-11-18-8-4-3-5-9-18/h3-5,7-9,11,13-16H,6,10,12H2,1-2H3,(H,23,24)/b11-7+,22-15-. The number of benzene rings is 2. The first-order valence-corrected chi connectivity index (χ1v) is 8.36. The Morgan fingerprint density at radius 2 is 2.00 bits per heavy atom. The van der Waals surface area contributed by atoms with Gasteiger partial charge in [-0.2, -0.15) is 5.10 Å². The molecule has 4 heteroatoms. The minimum absolute atomic E-state index is 0.0744. The summed E-state index contributed by atoms with van der Waals surface area (Å²) in [6.07, 6.45) is 7.41. The van der Waals surface area contributed by atoms with E-state index in [1.807, 2.05) is 55.5 Å². The van der Waals surface area contributed by atoms with Crippen LogP contribution in [0, 0.1) is 6.92 Å². The Labute approximate surface area is 149 Å². The molecular formula is C21H24N2O2. The van der Waals surface area contributed by atoms with Crippen molar-refractivity contribution in [3.05, 3.63) is 71.3 Å². The van der Waals surface area contributed by atoms with Crippen LogP contribution in [-0.2, 0) is 11.2 Å². The van der Waals surface area contributed by atoms with Crippen molar-refractivity contribution in [1.82, 2.24) is 5.43 Å². The molecule has 1 amide bonds. The number of carbonyl (C=O) groups excluding carboxylic acids is 1. The molecule has 4 nitrogen and oxygen atoms in total. The summed E-state index contributed by atoms with van der Waals surface area (Å²) in [7, 11) is 1.67. The Bertz CT molecular complexity index is 737. The van der Waals surface area contributed by atoms with Crippen molar-refractivity contribution in [3.8, 4) is 5.75 Å². The highest BCUT2D eigenvalue weighted by Gasteiger charge is 2.02. The molecule has 0 spiro atoms. The highest BCUT2D eigenvalue weighted by Crippen LogP contribution is 2.19. The van der Waals surface area contributed by atoms with Gasteiger partial charge in [0.2, 0.25) is 5.91 Å². The molecule has 0 radical (unpaired) electrons. The molecule has 2 aromatic rings. The minimum atomic E-state index is -0.0744. The average Bonchev–Trinajstić information content (AvgIpc) is 2.62. The van der Waals surface area contributed by atoms with Crippen LogP contribution in [0.25, 0.3) is 6.08 Å². The Balaban J connectivity index is 1.68.